The first kappa shape index (κ1) is 12.1. The van der Waals surface area contributed by atoms with Gasteiger partial charge in [-0.3, -0.25) is 0 Å². The van der Waals surface area contributed by atoms with Crippen LogP contribution in [0.25, 0.3) is 11.1 Å². The molecule has 90 valence electrons. The van der Waals surface area contributed by atoms with Crippen molar-refractivity contribution in [1.29, 1.82) is 0 Å². The van der Waals surface area contributed by atoms with Gasteiger partial charge in [0.25, 0.3) is 0 Å². The number of aryl methyl sites for hydroxylation is 1. The molecule has 0 atom stereocenters. The van der Waals surface area contributed by atoms with Crippen molar-refractivity contribution in [2.24, 2.45) is 0 Å². The number of methoxy groups -OCH3 is 1. The molecule has 1 aromatic heterocycles. The zero-order valence-electron chi connectivity index (χ0n) is 10.4. The van der Waals surface area contributed by atoms with Gasteiger partial charge in [0.2, 0.25) is 0 Å². The van der Waals surface area contributed by atoms with Crippen LogP contribution < -0.4 is 10.1 Å². The van der Waals surface area contributed by atoms with Crippen LogP contribution >= 0.6 is 11.3 Å². The average Bonchev–Trinajstić information content (AvgIpc) is 2.78. The predicted octanol–water partition coefficient (Wildman–Crippen LogP) is 3.45. The fourth-order valence-electron chi connectivity index (χ4n) is 1.84. The van der Waals surface area contributed by atoms with E-state index in [0.29, 0.717) is 0 Å². The van der Waals surface area contributed by atoms with Gasteiger partial charge in [0.05, 0.1) is 7.11 Å². The summed E-state index contributed by atoms with van der Waals surface area (Å²) < 4.78 is 5.41. The third-order valence-electron chi connectivity index (χ3n) is 2.67. The van der Waals surface area contributed by atoms with E-state index >= 15 is 0 Å². The van der Waals surface area contributed by atoms with Crippen LogP contribution in [0.15, 0.2) is 29.6 Å². The Hall–Kier alpha value is -1.32. The molecule has 17 heavy (non-hydrogen) atoms. The highest BCUT2D eigenvalue weighted by atomic mass is 32.1. The number of ether oxygens (including phenoxy) is 1. The molecule has 0 saturated heterocycles. The van der Waals surface area contributed by atoms with Gasteiger partial charge in [-0.15, -0.1) is 11.3 Å². The van der Waals surface area contributed by atoms with Crippen molar-refractivity contribution in [1.82, 2.24) is 5.32 Å². The van der Waals surface area contributed by atoms with Crippen molar-refractivity contribution >= 4 is 11.3 Å². The van der Waals surface area contributed by atoms with Crippen LogP contribution in [0.2, 0.25) is 0 Å². The minimum Gasteiger partial charge on any atom is -0.496 e. The van der Waals surface area contributed by atoms with Crippen molar-refractivity contribution in [3.8, 4) is 16.9 Å². The smallest absolute Gasteiger partial charge is 0.126 e. The molecule has 0 amide bonds. The third-order valence-corrected chi connectivity index (χ3v) is 3.61. The first-order valence-corrected chi connectivity index (χ1v) is 6.49. The molecule has 1 N–H and O–H groups in total. The molecule has 2 nitrogen and oxygen atoms in total. The quantitative estimate of drug-likeness (QED) is 0.893. The summed E-state index contributed by atoms with van der Waals surface area (Å²) in [5.74, 6) is 0.935. The second-order valence-corrected chi connectivity index (χ2v) is 5.03. The van der Waals surface area contributed by atoms with Gasteiger partial charge < -0.3 is 10.1 Å². The second kappa shape index (κ2) is 5.34. The molecule has 0 unspecified atom stereocenters. The standard InChI is InChI=1S/C14H17NOS/c1-10-4-5-14(16-3)13(6-10)11-7-12(8-15-2)17-9-11/h4-7,9,15H,8H2,1-3H3. The molecule has 0 radical (unpaired) electrons. The van der Waals surface area contributed by atoms with E-state index in [-0.39, 0.29) is 0 Å². The summed E-state index contributed by atoms with van der Waals surface area (Å²) in [4.78, 5) is 1.34. The molecular weight excluding hydrogens is 230 g/mol. The maximum absolute atomic E-state index is 5.41. The van der Waals surface area contributed by atoms with E-state index in [1.807, 2.05) is 13.1 Å². The van der Waals surface area contributed by atoms with Gasteiger partial charge >= 0.3 is 0 Å². The molecule has 0 aliphatic heterocycles. The Morgan fingerprint density at radius 1 is 1.29 bits per heavy atom. The van der Waals surface area contributed by atoms with E-state index in [4.69, 9.17) is 4.74 Å². The normalized spacial score (nSPS) is 10.5. The van der Waals surface area contributed by atoms with E-state index in [1.54, 1.807) is 18.4 Å². The molecular formula is C14H17NOS. The molecule has 0 aliphatic carbocycles. The lowest BCUT2D eigenvalue weighted by atomic mass is 10.0. The Bertz CT molecular complexity index is 505. The first-order valence-electron chi connectivity index (χ1n) is 5.61. The SMILES string of the molecule is CNCc1cc(-c2cc(C)ccc2OC)cs1. The first-order chi connectivity index (χ1) is 8.24. The van der Waals surface area contributed by atoms with E-state index in [0.717, 1.165) is 12.3 Å². The van der Waals surface area contributed by atoms with Gasteiger partial charge in [0, 0.05) is 17.0 Å². The third kappa shape index (κ3) is 2.68. The molecule has 1 aromatic carbocycles. The van der Waals surface area contributed by atoms with Gasteiger partial charge in [-0.1, -0.05) is 11.6 Å². The molecule has 2 aromatic rings. The van der Waals surface area contributed by atoms with Gasteiger partial charge in [-0.25, -0.2) is 0 Å². The molecule has 3 heteroatoms. The summed E-state index contributed by atoms with van der Waals surface area (Å²) in [5, 5.41) is 5.35. The summed E-state index contributed by atoms with van der Waals surface area (Å²) in [6.45, 7) is 3.02. The van der Waals surface area contributed by atoms with Crippen LogP contribution in [0.1, 0.15) is 10.4 Å². The van der Waals surface area contributed by atoms with Gasteiger partial charge in [-0.05, 0) is 43.1 Å². The van der Waals surface area contributed by atoms with Crippen LogP contribution in [0.5, 0.6) is 5.75 Å². The largest absolute Gasteiger partial charge is 0.496 e. The Morgan fingerprint density at radius 2 is 2.12 bits per heavy atom. The summed E-state index contributed by atoms with van der Waals surface area (Å²) in [6.07, 6.45) is 0. The fourth-order valence-corrected chi connectivity index (χ4v) is 2.73. The Balaban J connectivity index is 2.40. The number of rotatable bonds is 4. The molecule has 0 saturated carbocycles. The Kier molecular flexibility index (Phi) is 3.82. The molecule has 0 fully saturated rings. The minimum absolute atomic E-state index is 0.915. The topological polar surface area (TPSA) is 21.3 Å². The van der Waals surface area contributed by atoms with E-state index in [1.165, 1.54) is 21.6 Å². The van der Waals surface area contributed by atoms with E-state index in [9.17, 15) is 0 Å². The molecule has 1 heterocycles. The lowest BCUT2D eigenvalue weighted by Gasteiger charge is -2.07. The monoisotopic (exact) mass is 247 g/mol. The average molecular weight is 247 g/mol. The maximum Gasteiger partial charge on any atom is 0.126 e. The Labute approximate surface area is 106 Å². The van der Waals surface area contributed by atoms with Crippen LogP contribution in [0, 0.1) is 6.92 Å². The molecule has 2 rings (SSSR count). The number of nitrogens with one attached hydrogen (secondary N) is 1. The highest BCUT2D eigenvalue weighted by Crippen LogP contribution is 2.33. The maximum atomic E-state index is 5.41. The fraction of sp³-hybridized carbons (Fsp3) is 0.286. The predicted molar refractivity (Wildman–Crippen MR) is 73.8 cm³/mol. The molecule has 0 spiro atoms. The van der Waals surface area contributed by atoms with Gasteiger partial charge in [0.15, 0.2) is 0 Å². The summed E-state index contributed by atoms with van der Waals surface area (Å²) in [7, 11) is 3.68. The van der Waals surface area contributed by atoms with Crippen molar-refractivity contribution in [3.05, 3.63) is 40.1 Å². The summed E-state index contributed by atoms with van der Waals surface area (Å²) in [6, 6.07) is 8.49. The van der Waals surface area contributed by atoms with Crippen molar-refractivity contribution in [2.45, 2.75) is 13.5 Å². The highest BCUT2D eigenvalue weighted by Gasteiger charge is 2.08. The zero-order chi connectivity index (χ0) is 12.3. The van der Waals surface area contributed by atoms with Crippen LogP contribution in [-0.2, 0) is 6.54 Å². The number of hydrogen-bond donors (Lipinski definition) is 1. The van der Waals surface area contributed by atoms with E-state index < -0.39 is 0 Å². The lowest BCUT2D eigenvalue weighted by Crippen LogP contribution is -2.02. The van der Waals surface area contributed by atoms with E-state index in [2.05, 4.69) is 35.8 Å². The second-order valence-electron chi connectivity index (χ2n) is 4.04. The van der Waals surface area contributed by atoms with Crippen LogP contribution in [0.3, 0.4) is 0 Å². The van der Waals surface area contributed by atoms with Crippen molar-refractivity contribution in [2.75, 3.05) is 14.2 Å². The number of hydrogen-bond acceptors (Lipinski definition) is 3. The number of benzene rings is 1. The Morgan fingerprint density at radius 3 is 2.82 bits per heavy atom. The van der Waals surface area contributed by atoms with Crippen molar-refractivity contribution < 1.29 is 4.74 Å². The van der Waals surface area contributed by atoms with Crippen LogP contribution in [-0.4, -0.2) is 14.2 Å². The highest BCUT2D eigenvalue weighted by molar-refractivity contribution is 7.10. The van der Waals surface area contributed by atoms with Crippen molar-refractivity contribution in [3.63, 3.8) is 0 Å². The van der Waals surface area contributed by atoms with Gasteiger partial charge in [-0.2, -0.15) is 0 Å². The van der Waals surface area contributed by atoms with Gasteiger partial charge in [0.1, 0.15) is 5.75 Å². The zero-order valence-corrected chi connectivity index (χ0v) is 11.2. The number of thiophene rings is 1. The van der Waals surface area contributed by atoms with Crippen LogP contribution in [0.4, 0.5) is 0 Å². The molecule has 0 bridgehead atoms. The summed E-state index contributed by atoms with van der Waals surface area (Å²) in [5.41, 5.74) is 3.66. The lowest BCUT2D eigenvalue weighted by molar-refractivity contribution is 0.416. The minimum atomic E-state index is 0.915. The summed E-state index contributed by atoms with van der Waals surface area (Å²) >= 11 is 1.78. The molecule has 0 aliphatic rings.